The van der Waals surface area contributed by atoms with E-state index >= 15 is 0 Å². The molecular weight excluding hydrogens is 322 g/mol. The van der Waals surface area contributed by atoms with Gasteiger partial charge in [-0.1, -0.05) is 0 Å². The molecule has 1 atom stereocenters. The minimum atomic E-state index is -0.698. The lowest BCUT2D eigenvalue weighted by Gasteiger charge is -2.31. The summed E-state index contributed by atoms with van der Waals surface area (Å²) in [4.78, 5) is 25.3. The largest absolute Gasteiger partial charge is 0.497 e. The molecule has 0 unspecified atom stereocenters. The number of nitrogens with one attached hydrogen (secondary N) is 1. The molecule has 0 saturated carbocycles. The Balaban J connectivity index is 1.67. The Morgan fingerprint density at radius 3 is 2.56 bits per heavy atom. The van der Waals surface area contributed by atoms with E-state index in [9.17, 15) is 9.59 Å². The van der Waals surface area contributed by atoms with E-state index in [1.54, 1.807) is 38.3 Å². The number of carbonyl (C=O) groups excluding carboxylic acids is 2. The first kappa shape index (κ1) is 17.1. The van der Waals surface area contributed by atoms with Crippen molar-refractivity contribution in [1.29, 1.82) is 0 Å². The van der Waals surface area contributed by atoms with E-state index in [1.165, 1.54) is 0 Å². The molecule has 25 heavy (non-hydrogen) atoms. The molecule has 8 heteroatoms. The number of hydrogen-bond acceptors (Lipinski definition) is 6. The highest BCUT2D eigenvalue weighted by Crippen LogP contribution is 2.25. The maximum Gasteiger partial charge on any atom is 0.272 e. The Bertz CT molecular complexity index is 705. The van der Waals surface area contributed by atoms with Crippen molar-refractivity contribution < 1.29 is 14.3 Å². The fraction of sp³-hybridized carbons (Fsp3) is 0.471. The second kappa shape index (κ2) is 7.42. The second-order valence-electron chi connectivity index (χ2n) is 6.11. The third-order valence-corrected chi connectivity index (χ3v) is 4.54. The average molecular weight is 343 g/mol. The van der Waals surface area contributed by atoms with Gasteiger partial charge < -0.3 is 9.64 Å². The lowest BCUT2D eigenvalue weighted by molar-refractivity contribution is -0.130. The minimum Gasteiger partial charge on any atom is -0.497 e. The van der Waals surface area contributed by atoms with Crippen molar-refractivity contribution in [2.45, 2.75) is 25.8 Å². The number of piperidine rings is 1. The monoisotopic (exact) mass is 343 g/mol. The summed E-state index contributed by atoms with van der Waals surface area (Å²) in [5.41, 5.74) is 3.86. The van der Waals surface area contributed by atoms with Crippen LogP contribution >= 0.6 is 0 Å². The summed E-state index contributed by atoms with van der Waals surface area (Å²) in [6, 6.07) is 6.43. The number of ether oxygens (including phenoxy) is 1. The molecule has 0 aliphatic carbocycles. The molecule has 2 amide bonds. The van der Waals surface area contributed by atoms with Gasteiger partial charge in [0.05, 0.1) is 18.5 Å². The molecule has 0 radical (unpaired) electrons. The van der Waals surface area contributed by atoms with Crippen LogP contribution in [0.1, 0.15) is 19.8 Å². The summed E-state index contributed by atoms with van der Waals surface area (Å²) >= 11 is 0. The molecule has 132 valence electrons. The zero-order valence-corrected chi connectivity index (χ0v) is 14.3. The summed E-state index contributed by atoms with van der Waals surface area (Å²) in [5.74, 6) is 0.685. The SMILES string of the molecule is COc1ccc(N=N[C@@H]2C(=O)NN=C2C2CCN(C(C)=O)CC2)cc1. The Kier molecular flexibility index (Phi) is 5.06. The first-order valence-electron chi connectivity index (χ1n) is 8.26. The van der Waals surface area contributed by atoms with Gasteiger partial charge in [0.15, 0.2) is 6.04 Å². The van der Waals surface area contributed by atoms with Crippen LogP contribution in [0, 0.1) is 5.92 Å². The van der Waals surface area contributed by atoms with E-state index in [4.69, 9.17) is 4.74 Å². The molecule has 2 aliphatic rings. The van der Waals surface area contributed by atoms with Crippen molar-refractivity contribution in [3.8, 4) is 5.75 Å². The molecule has 1 aromatic carbocycles. The molecule has 0 aromatic heterocycles. The van der Waals surface area contributed by atoms with E-state index in [2.05, 4.69) is 20.8 Å². The van der Waals surface area contributed by atoms with Crippen molar-refractivity contribution in [2.75, 3.05) is 20.2 Å². The molecule has 0 bridgehead atoms. The van der Waals surface area contributed by atoms with Crippen LogP contribution in [-0.4, -0.2) is 48.7 Å². The predicted molar refractivity (Wildman–Crippen MR) is 91.9 cm³/mol. The standard InChI is InChI=1S/C17H21N5O3/c1-11(23)22-9-7-12(8-10-22)15-16(17(24)21-19-15)20-18-13-3-5-14(25-2)6-4-13/h3-6,12,16H,7-10H2,1-2H3,(H,21,24)/t16-/m0/s1. The number of carbonyl (C=O) groups is 2. The number of rotatable bonds is 4. The van der Waals surface area contributed by atoms with Gasteiger partial charge in [-0.15, -0.1) is 0 Å². The Morgan fingerprint density at radius 1 is 1.28 bits per heavy atom. The van der Waals surface area contributed by atoms with E-state index < -0.39 is 6.04 Å². The van der Waals surface area contributed by atoms with Crippen LogP contribution in [0.5, 0.6) is 5.75 Å². The van der Waals surface area contributed by atoms with Crippen molar-refractivity contribution in [2.24, 2.45) is 21.2 Å². The second-order valence-corrected chi connectivity index (χ2v) is 6.11. The molecule has 2 aliphatic heterocycles. The molecule has 1 aromatic rings. The summed E-state index contributed by atoms with van der Waals surface area (Å²) < 4.78 is 5.10. The van der Waals surface area contributed by atoms with Crippen LogP contribution in [0.2, 0.25) is 0 Å². The highest BCUT2D eigenvalue weighted by Gasteiger charge is 2.37. The molecule has 3 rings (SSSR count). The van der Waals surface area contributed by atoms with E-state index in [0.717, 1.165) is 18.6 Å². The van der Waals surface area contributed by atoms with Gasteiger partial charge in [-0.05, 0) is 37.1 Å². The number of azo groups is 1. The van der Waals surface area contributed by atoms with Gasteiger partial charge in [0, 0.05) is 25.9 Å². The Labute approximate surface area is 145 Å². The first-order valence-corrected chi connectivity index (χ1v) is 8.26. The predicted octanol–water partition coefficient (Wildman–Crippen LogP) is 1.89. The van der Waals surface area contributed by atoms with Crippen LogP contribution in [-0.2, 0) is 9.59 Å². The van der Waals surface area contributed by atoms with Gasteiger partial charge in [0.2, 0.25) is 5.91 Å². The number of methoxy groups -OCH3 is 1. The van der Waals surface area contributed by atoms with Gasteiger partial charge >= 0.3 is 0 Å². The maximum absolute atomic E-state index is 12.1. The zero-order chi connectivity index (χ0) is 17.8. The smallest absolute Gasteiger partial charge is 0.272 e. The van der Waals surface area contributed by atoms with Crippen LogP contribution in [0.25, 0.3) is 0 Å². The quantitative estimate of drug-likeness (QED) is 0.846. The lowest BCUT2D eigenvalue weighted by Crippen LogP contribution is -2.41. The van der Waals surface area contributed by atoms with Crippen molar-refractivity contribution >= 4 is 23.2 Å². The zero-order valence-electron chi connectivity index (χ0n) is 14.3. The van der Waals surface area contributed by atoms with Crippen molar-refractivity contribution in [1.82, 2.24) is 10.3 Å². The van der Waals surface area contributed by atoms with E-state index in [1.807, 2.05) is 4.90 Å². The van der Waals surface area contributed by atoms with Gasteiger partial charge in [-0.2, -0.15) is 15.3 Å². The van der Waals surface area contributed by atoms with Crippen LogP contribution in [0.3, 0.4) is 0 Å². The number of benzene rings is 1. The number of hydrogen-bond donors (Lipinski definition) is 1. The molecule has 1 saturated heterocycles. The normalized spacial score (nSPS) is 21.4. The lowest BCUT2D eigenvalue weighted by atomic mass is 9.88. The van der Waals surface area contributed by atoms with Crippen LogP contribution in [0.4, 0.5) is 5.69 Å². The summed E-state index contributed by atoms with van der Waals surface area (Å²) in [6.07, 6.45) is 1.56. The van der Waals surface area contributed by atoms with Gasteiger partial charge in [0.25, 0.3) is 5.91 Å². The van der Waals surface area contributed by atoms with Crippen molar-refractivity contribution in [3.63, 3.8) is 0 Å². The fourth-order valence-corrected chi connectivity index (χ4v) is 3.07. The third kappa shape index (κ3) is 3.84. The van der Waals surface area contributed by atoms with E-state index in [-0.39, 0.29) is 17.7 Å². The van der Waals surface area contributed by atoms with Gasteiger partial charge in [0.1, 0.15) is 5.75 Å². The topological polar surface area (TPSA) is 95.7 Å². The molecular formula is C17H21N5O3. The number of hydrazone groups is 1. The van der Waals surface area contributed by atoms with Gasteiger partial charge in [-0.3, -0.25) is 9.59 Å². The number of likely N-dealkylation sites (tertiary alicyclic amines) is 1. The molecule has 2 heterocycles. The summed E-state index contributed by atoms with van der Waals surface area (Å²) in [7, 11) is 1.60. The molecule has 8 nitrogen and oxygen atoms in total. The first-order chi connectivity index (χ1) is 12.1. The highest BCUT2D eigenvalue weighted by atomic mass is 16.5. The van der Waals surface area contributed by atoms with Crippen LogP contribution in [0.15, 0.2) is 39.6 Å². The van der Waals surface area contributed by atoms with Gasteiger partial charge in [-0.25, -0.2) is 5.43 Å². The minimum absolute atomic E-state index is 0.0803. The highest BCUT2D eigenvalue weighted by molar-refractivity contribution is 6.12. The average Bonchev–Trinajstić information content (AvgIpc) is 3.01. The summed E-state index contributed by atoms with van der Waals surface area (Å²) in [6.45, 7) is 2.93. The third-order valence-electron chi connectivity index (χ3n) is 4.54. The summed E-state index contributed by atoms with van der Waals surface area (Å²) in [5, 5.41) is 12.5. The molecule has 1 N–H and O–H groups in total. The Hall–Kier alpha value is -2.77. The molecule has 0 spiro atoms. The maximum atomic E-state index is 12.1. The van der Waals surface area contributed by atoms with E-state index in [0.29, 0.717) is 24.5 Å². The fourth-order valence-electron chi connectivity index (χ4n) is 3.07. The number of amides is 2. The molecule has 1 fully saturated rings. The van der Waals surface area contributed by atoms with Crippen LogP contribution < -0.4 is 10.2 Å². The Morgan fingerprint density at radius 2 is 1.96 bits per heavy atom. The number of nitrogens with zero attached hydrogens (tertiary/aromatic N) is 4. The van der Waals surface area contributed by atoms with Crippen molar-refractivity contribution in [3.05, 3.63) is 24.3 Å².